The molecule has 0 fully saturated rings. The molecule has 0 aliphatic rings. The number of hydrogen-bond acceptors (Lipinski definition) is 6. The van der Waals surface area contributed by atoms with Crippen LogP contribution in [-0.4, -0.2) is 43.9 Å². The molecule has 2 N–H and O–H groups in total. The molecule has 9 nitrogen and oxygen atoms in total. The van der Waals surface area contributed by atoms with E-state index >= 15 is 0 Å². The zero-order valence-electron chi connectivity index (χ0n) is 17.0. The van der Waals surface area contributed by atoms with Crippen molar-refractivity contribution in [2.24, 2.45) is 0 Å². The summed E-state index contributed by atoms with van der Waals surface area (Å²) in [6.45, 7) is 7.37. The topological polar surface area (TPSA) is 107 Å². The minimum Gasteiger partial charge on any atom is -0.437 e. The van der Waals surface area contributed by atoms with Crippen LogP contribution in [0.4, 0.5) is 5.69 Å². The zero-order valence-corrected chi connectivity index (χ0v) is 17.0. The van der Waals surface area contributed by atoms with Gasteiger partial charge in [-0.2, -0.15) is 5.10 Å². The van der Waals surface area contributed by atoms with E-state index in [2.05, 4.69) is 31.9 Å². The van der Waals surface area contributed by atoms with E-state index in [-0.39, 0.29) is 5.91 Å². The number of hydrogen-bond donors (Lipinski definition) is 2. The van der Waals surface area contributed by atoms with Crippen molar-refractivity contribution in [3.05, 3.63) is 61.7 Å². The quantitative estimate of drug-likeness (QED) is 0.316. The molecule has 4 rings (SSSR count). The summed E-state index contributed by atoms with van der Waals surface area (Å²) in [5.41, 5.74) is 3.72. The number of ether oxygens (including phenoxy) is 2. The number of nitrogens with one attached hydrogen (secondary N) is 2. The number of rotatable bonds is 9. The molecule has 158 valence electrons. The van der Waals surface area contributed by atoms with Crippen molar-refractivity contribution >= 4 is 22.8 Å². The first-order valence-electron chi connectivity index (χ1n) is 9.82. The van der Waals surface area contributed by atoms with Crippen LogP contribution in [0.15, 0.2) is 61.7 Å². The number of fused-ring (bicyclic) bond motifs is 1. The van der Waals surface area contributed by atoms with Gasteiger partial charge in [0.15, 0.2) is 5.65 Å². The summed E-state index contributed by atoms with van der Waals surface area (Å²) in [5.74, 6) is 0.567. The van der Waals surface area contributed by atoms with Gasteiger partial charge >= 0.3 is 0 Å². The summed E-state index contributed by atoms with van der Waals surface area (Å²) < 4.78 is 13.1. The summed E-state index contributed by atoms with van der Waals surface area (Å²) in [4.78, 5) is 23.7. The van der Waals surface area contributed by atoms with Crippen molar-refractivity contribution in [2.75, 3.05) is 18.5 Å². The van der Waals surface area contributed by atoms with E-state index in [4.69, 9.17) is 9.47 Å². The number of aromatic nitrogens is 5. The van der Waals surface area contributed by atoms with Crippen LogP contribution in [0, 0.1) is 0 Å². The highest BCUT2D eigenvalue weighted by atomic mass is 16.5. The lowest BCUT2D eigenvalue weighted by Gasteiger charge is -2.07. The van der Waals surface area contributed by atoms with Crippen LogP contribution < -0.4 is 10.1 Å². The third kappa shape index (κ3) is 4.78. The number of anilines is 1. The molecule has 0 saturated heterocycles. The van der Waals surface area contributed by atoms with Gasteiger partial charge in [-0.05, 0) is 25.1 Å². The highest BCUT2D eigenvalue weighted by Gasteiger charge is 2.13. The predicted octanol–water partition coefficient (Wildman–Crippen LogP) is 3.77. The van der Waals surface area contributed by atoms with Gasteiger partial charge in [0.05, 0.1) is 25.5 Å². The van der Waals surface area contributed by atoms with Gasteiger partial charge in [-0.3, -0.25) is 9.48 Å². The summed E-state index contributed by atoms with van der Waals surface area (Å²) in [7, 11) is 0. The number of aromatic amines is 1. The van der Waals surface area contributed by atoms with E-state index in [1.807, 2.05) is 24.0 Å². The maximum atomic E-state index is 11.5. The summed E-state index contributed by atoms with van der Waals surface area (Å²) >= 11 is 0. The third-order valence-electron chi connectivity index (χ3n) is 4.48. The molecule has 31 heavy (non-hydrogen) atoms. The fourth-order valence-electron chi connectivity index (χ4n) is 3.02. The molecule has 0 aliphatic heterocycles. The van der Waals surface area contributed by atoms with Crippen molar-refractivity contribution in [3.63, 3.8) is 0 Å². The fourth-order valence-corrected chi connectivity index (χ4v) is 3.02. The smallest absolute Gasteiger partial charge is 0.247 e. The number of H-pyrrole nitrogens is 1. The van der Waals surface area contributed by atoms with Crippen LogP contribution >= 0.6 is 0 Å². The summed E-state index contributed by atoms with van der Waals surface area (Å²) in [6, 6.07) is 7.01. The first-order valence-corrected chi connectivity index (χ1v) is 9.82. The van der Waals surface area contributed by atoms with Crippen LogP contribution in [0.2, 0.25) is 0 Å². The molecule has 0 unspecified atom stereocenters. The molecule has 1 aromatic carbocycles. The fraction of sp³-hybridized carbons (Fsp3) is 0.182. The minimum absolute atomic E-state index is 0.294. The SMILES string of the molecule is C=CC(=O)Nc1cccc(Oc2cnc3[nH]cc(-c4cnn(CCOCC)c4)c3n2)c1. The third-order valence-corrected chi connectivity index (χ3v) is 4.48. The molecular formula is C22H22N6O3. The van der Waals surface area contributed by atoms with Crippen molar-refractivity contribution in [2.45, 2.75) is 13.5 Å². The maximum absolute atomic E-state index is 11.5. The van der Waals surface area contributed by atoms with Crippen molar-refractivity contribution < 1.29 is 14.3 Å². The predicted molar refractivity (Wildman–Crippen MR) is 117 cm³/mol. The van der Waals surface area contributed by atoms with E-state index in [1.54, 1.807) is 36.7 Å². The van der Waals surface area contributed by atoms with Gasteiger partial charge in [0.1, 0.15) is 11.3 Å². The molecule has 0 radical (unpaired) electrons. The minimum atomic E-state index is -0.294. The van der Waals surface area contributed by atoms with Gasteiger partial charge < -0.3 is 19.8 Å². The Morgan fingerprint density at radius 2 is 2.26 bits per heavy atom. The molecule has 1 amide bonds. The van der Waals surface area contributed by atoms with Gasteiger partial charge in [0, 0.05) is 41.9 Å². The molecule has 0 aliphatic carbocycles. The summed E-state index contributed by atoms with van der Waals surface area (Å²) in [6.07, 6.45) is 8.34. The van der Waals surface area contributed by atoms with E-state index in [0.29, 0.717) is 48.2 Å². The van der Waals surface area contributed by atoms with Crippen molar-refractivity contribution in [3.8, 4) is 22.8 Å². The number of carbonyl (C=O) groups is 1. The van der Waals surface area contributed by atoms with Crippen molar-refractivity contribution in [1.82, 2.24) is 24.7 Å². The highest BCUT2D eigenvalue weighted by Crippen LogP contribution is 2.29. The van der Waals surface area contributed by atoms with Crippen LogP contribution in [0.5, 0.6) is 11.6 Å². The Labute approximate surface area is 178 Å². The zero-order chi connectivity index (χ0) is 21.6. The van der Waals surface area contributed by atoms with Gasteiger partial charge in [-0.25, -0.2) is 9.97 Å². The second kappa shape index (κ2) is 9.23. The Balaban J connectivity index is 1.56. The molecule has 9 heteroatoms. The van der Waals surface area contributed by atoms with E-state index in [1.165, 1.54) is 6.08 Å². The Hall–Kier alpha value is -3.98. The molecule has 0 spiro atoms. The Bertz CT molecular complexity index is 1210. The van der Waals surface area contributed by atoms with E-state index < -0.39 is 0 Å². The molecule has 4 aromatic rings. The van der Waals surface area contributed by atoms with Crippen LogP contribution in [0.1, 0.15) is 6.92 Å². The molecule has 3 aromatic heterocycles. The van der Waals surface area contributed by atoms with Crippen molar-refractivity contribution in [1.29, 1.82) is 0 Å². The van der Waals surface area contributed by atoms with Gasteiger partial charge in [-0.15, -0.1) is 0 Å². The number of nitrogens with zero attached hydrogens (tertiary/aromatic N) is 4. The lowest BCUT2D eigenvalue weighted by Crippen LogP contribution is -2.07. The highest BCUT2D eigenvalue weighted by molar-refractivity contribution is 5.99. The summed E-state index contributed by atoms with van der Waals surface area (Å²) in [5, 5.41) is 7.08. The second-order valence-electron chi connectivity index (χ2n) is 6.62. The monoisotopic (exact) mass is 418 g/mol. The standard InChI is InChI=1S/C22H22N6O3/c1-3-19(29)26-16-6-5-7-17(10-16)31-20-13-24-22-21(27-20)18(12-23-22)15-11-25-28(14-15)8-9-30-4-2/h3,5-7,10-14H,1,4,8-9H2,2H3,(H,23,24)(H,26,29). The maximum Gasteiger partial charge on any atom is 0.247 e. The van der Waals surface area contributed by atoms with E-state index in [9.17, 15) is 4.79 Å². The van der Waals surface area contributed by atoms with Crippen LogP contribution in [-0.2, 0) is 16.1 Å². The Morgan fingerprint density at radius 3 is 3.10 bits per heavy atom. The number of carbonyl (C=O) groups excluding carboxylic acids is 1. The Kier molecular flexibility index (Phi) is 6.04. The Morgan fingerprint density at radius 1 is 1.35 bits per heavy atom. The largest absolute Gasteiger partial charge is 0.437 e. The average molecular weight is 418 g/mol. The van der Waals surface area contributed by atoms with Gasteiger partial charge in [0.2, 0.25) is 11.8 Å². The molecular weight excluding hydrogens is 396 g/mol. The number of amides is 1. The van der Waals surface area contributed by atoms with E-state index in [0.717, 1.165) is 11.1 Å². The van der Waals surface area contributed by atoms with Crippen LogP contribution in [0.3, 0.4) is 0 Å². The van der Waals surface area contributed by atoms with Gasteiger partial charge in [0.25, 0.3) is 0 Å². The normalized spacial score (nSPS) is 10.9. The number of benzene rings is 1. The molecule has 0 atom stereocenters. The lowest BCUT2D eigenvalue weighted by molar-refractivity contribution is -0.111. The molecule has 0 saturated carbocycles. The lowest BCUT2D eigenvalue weighted by atomic mass is 10.2. The second-order valence-corrected chi connectivity index (χ2v) is 6.62. The molecule has 3 heterocycles. The first-order chi connectivity index (χ1) is 15.2. The molecule has 0 bridgehead atoms. The van der Waals surface area contributed by atoms with Gasteiger partial charge in [-0.1, -0.05) is 12.6 Å². The van der Waals surface area contributed by atoms with Crippen LogP contribution in [0.25, 0.3) is 22.3 Å². The first kappa shape index (κ1) is 20.3. The average Bonchev–Trinajstić information content (AvgIpc) is 3.40.